The molecule has 1 unspecified atom stereocenters. The van der Waals surface area contributed by atoms with Gasteiger partial charge in [-0.15, -0.1) is 0 Å². The molecule has 1 aromatic rings. The van der Waals surface area contributed by atoms with E-state index >= 15 is 0 Å². The van der Waals surface area contributed by atoms with Crippen molar-refractivity contribution in [2.45, 2.75) is 50.5 Å². The maximum atomic E-state index is 10.5. The van der Waals surface area contributed by atoms with Crippen LogP contribution < -0.4 is 0 Å². The van der Waals surface area contributed by atoms with Crippen LogP contribution in [0.4, 0.5) is 0 Å². The van der Waals surface area contributed by atoms with Crippen molar-refractivity contribution in [3.05, 3.63) is 35.4 Å². The fraction of sp³-hybridized carbons (Fsp3) is 0.647. The molecule has 0 spiro atoms. The quantitative estimate of drug-likeness (QED) is 0.872. The molecule has 1 saturated heterocycles. The van der Waals surface area contributed by atoms with Crippen molar-refractivity contribution in [3.63, 3.8) is 0 Å². The first-order valence-corrected chi connectivity index (χ1v) is 8.84. The van der Waals surface area contributed by atoms with Crippen molar-refractivity contribution in [2.24, 2.45) is 5.92 Å². The zero-order valence-electron chi connectivity index (χ0n) is 11.6. The highest BCUT2D eigenvalue weighted by Crippen LogP contribution is 2.38. The van der Waals surface area contributed by atoms with Crippen LogP contribution in [0, 0.1) is 5.92 Å². The molecule has 104 valence electrons. The molecule has 2 fully saturated rings. The summed E-state index contributed by atoms with van der Waals surface area (Å²) >= 11 is 2.06. The molecular weight excluding hydrogens is 252 g/mol. The second-order valence-electron chi connectivity index (χ2n) is 6.11. The minimum atomic E-state index is -0.256. The maximum absolute atomic E-state index is 10.5. The monoisotopic (exact) mass is 276 g/mol. The largest absolute Gasteiger partial charge is 0.388 e. The van der Waals surface area contributed by atoms with E-state index in [4.69, 9.17) is 0 Å². The van der Waals surface area contributed by atoms with Gasteiger partial charge in [0.2, 0.25) is 0 Å². The second kappa shape index (κ2) is 6.32. The van der Waals surface area contributed by atoms with Crippen molar-refractivity contribution < 1.29 is 5.11 Å². The third kappa shape index (κ3) is 3.35. The lowest BCUT2D eigenvalue weighted by atomic mass is 9.79. The van der Waals surface area contributed by atoms with E-state index in [1.165, 1.54) is 49.2 Å². The van der Waals surface area contributed by atoms with Crippen LogP contribution in [0.5, 0.6) is 0 Å². The zero-order chi connectivity index (χ0) is 13.1. The standard InChI is InChI=1S/C17H24OS/c18-17(11-13-7-9-19-10-8-13)16-6-2-5-15(12-16)14-3-1-4-14/h2,5-6,12-14,17-18H,1,3-4,7-11H2. The second-order valence-corrected chi connectivity index (χ2v) is 7.33. The molecule has 1 aromatic carbocycles. The highest BCUT2D eigenvalue weighted by molar-refractivity contribution is 7.99. The van der Waals surface area contributed by atoms with Gasteiger partial charge in [-0.3, -0.25) is 0 Å². The Morgan fingerprint density at radius 1 is 1.16 bits per heavy atom. The van der Waals surface area contributed by atoms with Crippen LogP contribution in [0.2, 0.25) is 0 Å². The number of rotatable bonds is 4. The number of hydrogen-bond acceptors (Lipinski definition) is 2. The molecule has 0 radical (unpaired) electrons. The number of thioether (sulfide) groups is 1. The van der Waals surface area contributed by atoms with Gasteiger partial charge in [0.05, 0.1) is 6.10 Å². The lowest BCUT2D eigenvalue weighted by molar-refractivity contribution is 0.141. The minimum absolute atomic E-state index is 0.256. The Morgan fingerprint density at radius 3 is 2.63 bits per heavy atom. The first-order chi connectivity index (χ1) is 9.33. The summed E-state index contributed by atoms with van der Waals surface area (Å²) in [6, 6.07) is 8.72. The first kappa shape index (κ1) is 13.5. The zero-order valence-corrected chi connectivity index (χ0v) is 12.4. The Morgan fingerprint density at radius 2 is 1.95 bits per heavy atom. The van der Waals surface area contributed by atoms with E-state index in [-0.39, 0.29) is 6.10 Å². The maximum Gasteiger partial charge on any atom is 0.0792 e. The Bertz CT molecular complexity index is 407. The summed E-state index contributed by atoms with van der Waals surface area (Å²) in [5.41, 5.74) is 2.59. The highest BCUT2D eigenvalue weighted by atomic mass is 32.2. The summed E-state index contributed by atoms with van der Waals surface area (Å²) in [5, 5.41) is 10.5. The van der Waals surface area contributed by atoms with Gasteiger partial charge >= 0.3 is 0 Å². The topological polar surface area (TPSA) is 20.2 Å². The fourth-order valence-electron chi connectivity index (χ4n) is 3.20. The van der Waals surface area contributed by atoms with Crippen LogP contribution in [-0.2, 0) is 0 Å². The average Bonchev–Trinajstić information content (AvgIpc) is 2.38. The Balaban J connectivity index is 1.63. The molecule has 1 aliphatic heterocycles. The molecule has 1 saturated carbocycles. The van der Waals surface area contributed by atoms with Crippen molar-refractivity contribution >= 4 is 11.8 Å². The number of benzene rings is 1. The molecule has 0 amide bonds. The first-order valence-electron chi connectivity index (χ1n) is 7.68. The van der Waals surface area contributed by atoms with Crippen LogP contribution >= 0.6 is 11.8 Å². The van der Waals surface area contributed by atoms with Gasteiger partial charge in [0.25, 0.3) is 0 Å². The molecule has 0 aromatic heterocycles. The summed E-state index contributed by atoms with van der Waals surface area (Å²) in [7, 11) is 0. The Hall–Kier alpha value is -0.470. The van der Waals surface area contributed by atoms with Gasteiger partial charge in [-0.25, -0.2) is 0 Å². The van der Waals surface area contributed by atoms with Gasteiger partial charge in [-0.2, -0.15) is 11.8 Å². The van der Waals surface area contributed by atoms with Crippen LogP contribution in [0.25, 0.3) is 0 Å². The number of aliphatic hydroxyl groups excluding tert-OH is 1. The smallest absolute Gasteiger partial charge is 0.0792 e. The Labute approximate surface area is 120 Å². The van der Waals surface area contributed by atoms with Crippen molar-refractivity contribution in [2.75, 3.05) is 11.5 Å². The van der Waals surface area contributed by atoms with E-state index in [0.717, 1.165) is 23.8 Å². The molecule has 1 aliphatic carbocycles. The molecule has 1 nitrogen and oxygen atoms in total. The summed E-state index contributed by atoms with van der Waals surface area (Å²) in [6.07, 6.45) is 7.30. The minimum Gasteiger partial charge on any atom is -0.388 e. The van der Waals surface area contributed by atoms with Gasteiger partial charge in [0.15, 0.2) is 0 Å². The molecule has 2 aliphatic rings. The van der Waals surface area contributed by atoms with Crippen LogP contribution in [0.3, 0.4) is 0 Å². The Kier molecular flexibility index (Phi) is 4.49. The summed E-state index contributed by atoms with van der Waals surface area (Å²) in [6.45, 7) is 0. The van der Waals surface area contributed by atoms with E-state index in [1.807, 2.05) is 0 Å². The van der Waals surface area contributed by atoms with Crippen molar-refractivity contribution in [3.8, 4) is 0 Å². The van der Waals surface area contributed by atoms with Crippen molar-refractivity contribution in [1.82, 2.24) is 0 Å². The average molecular weight is 276 g/mol. The molecule has 1 N–H and O–H groups in total. The fourth-order valence-corrected chi connectivity index (χ4v) is 4.40. The SMILES string of the molecule is OC(CC1CCSCC1)c1cccc(C2CCC2)c1. The molecule has 19 heavy (non-hydrogen) atoms. The molecule has 2 heteroatoms. The third-order valence-electron chi connectivity index (χ3n) is 4.77. The van der Waals surface area contributed by atoms with Crippen LogP contribution in [-0.4, -0.2) is 16.6 Å². The molecule has 1 heterocycles. The molecule has 3 rings (SSSR count). The summed E-state index contributed by atoms with van der Waals surface area (Å²) in [5.74, 6) is 4.04. The van der Waals surface area contributed by atoms with Gasteiger partial charge in [-0.05, 0) is 66.6 Å². The predicted octanol–water partition coefficient (Wildman–Crippen LogP) is 4.52. The van der Waals surface area contributed by atoms with Crippen molar-refractivity contribution in [1.29, 1.82) is 0 Å². The van der Waals surface area contributed by atoms with Gasteiger partial charge < -0.3 is 5.11 Å². The summed E-state index contributed by atoms with van der Waals surface area (Å²) in [4.78, 5) is 0. The van der Waals surface area contributed by atoms with Crippen LogP contribution in [0.1, 0.15) is 61.7 Å². The summed E-state index contributed by atoms with van der Waals surface area (Å²) < 4.78 is 0. The van der Waals surface area contributed by atoms with E-state index < -0.39 is 0 Å². The van der Waals surface area contributed by atoms with Crippen LogP contribution in [0.15, 0.2) is 24.3 Å². The number of hydrogen-bond donors (Lipinski definition) is 1. The normalized spacial score (nSPS) is 23.0. The lowest BCUT2D eigenvalue weighted by Crippen LogP contribution is -2.14. The lowest BCUT2D eigenvalue weighted by Gasteiger charge is -2.27. The van der Waals surface area contributed by atoms with E-state index in [9.17, 15) is 5.11 Å². The predicted molar refractivity (Wildman–Crippen MR) is 82.7 cm³/mol. The third-order valence-corrected chi connectivity index (χ3v) is 5.82. The highest BCUT2D eigenvalue weighted by Gasteiger charge is 2.22. The number of aliphatic hydroxyl groups is 1. The molecular formula is C17H24OS. The van der Waals surface area contributed by atoms with Gasteiger partial charge in [0.1, 0.15) is 0 Å². The van der Waals surface area contributed by atoms with Gasteiger partial charge in [0, 0.05) is 0 Å². The van der Waals surface area contributed by atoms with E-state index in [2.05, 4.69) is 36.0 Å². The van der Waals surface area contributed by atoms with E-state index in [0.29, 0.717) is 0 Å². The van der Waals surface area contributed by atoms with E-state index in [1.54, 1.807) is 0 Å². The molecule has 0 bridgehead atoms. The molecule has 1 atom stereocenters. The van der Waals surface area contributed by atoms with Gasteiger partial charge in [-0.1, -0.05) is 30.7 Å².